The SMILES string of the molecule is CSc1ccc2cc3cc(C(=O)O)sc3nc2c1. The number of fused-ring (bicyclic) bond motifs is 2. The molecule has 0 saturated carbocycles. The minimum absolute atomic E-state index is 0.331. The van der Waals surface area contributed by atoms with Crippen LogP contribution in [0.4, 0.5) is 0 Å². The highest BCUT2D eigenvalue weighted by Gasteiger charge is 2.10. The highest BCUT2D eigenvalue weighted by atomic mass is 32.2. The third-order valence-electron chi connectivity index (χ3n) is 2.72. The van der Waals surface area contributed by atoms with Crippen LogP contribution in [0.25, 0.3) is 21.1 Å². The van der Waals surface area contributed by atoms with Crippen molar-refractivity contribution in [1.82, 2.24) is 4.98 Å². The van der Waals surface area contributed by atoms with Gasteiger partial charge >= 0.3 is 5.97 Å². The molecule has 0 aliphatic heterocycles. The van der Waals surface area contributed by atoms with Gasteiger partial charge in [-0.05, 0) is 30.5 Å². The van der Waals surface area contributed by atoms with Gasteiger partial charge in [0, 0.05) is 15.7 Å². The topological polar surface area (TPSA) is 50.2 Å². The number of rotatable bonds is 2. The molecule has 2 aromatic heterocycles. The molecular weight excluding hydrogens is 266 g/mol. The molecule has 90 valence electrons. The van der Waals surface area contributed by atoms with Gasteiger partial charge in [0.1, 0.15) is 9.71 Å². The maximum atomic E-state index is 10.9. The molecule has 0 saturated heterocycles. The molecular formula is C13H9NO2S2. The molecule has 0 fully saturated rings. The van der Waals surface area contributed by atoms with Gasteiger partial charge in [-0.1, -0.05) is 6.07 Å². The maximum Gasteiger partial charge on any atom is 0.345 e. The van der Waals surface area contributed by atoms with Gasteiger partial charge in [-0.25, -0.2) is 9.78 Å². The molecule has 5 heteroatoms. The normalized spacial score (nSPS) is 11.2. The quantitative estimate of drug-likeness (QED) is 0.721. The number of thiophene rings is 1. The molecule has 0 aliphatic carbocycles. The van der Waals surface area contributed by atoms with E-state index in [0.29, 0.717) is 4.88 Å². The van der Waals surface area contributed by atoms with Crippen LogP contribution in [0.5, 0.6) is 0 Å². The molecule has 18 heavy (non-hydrogen) atoms. The summed E-state index contributed by atoms with van der Waals surface area (Å²) in [5.41, 5.74) is 0.910. The van der Waals surface area contributed by atoms with E-state index < -0.39 is 5.97 Å². The number of thioether (sulfide) groups is 1. The predicted octanol–water partition coefficient (Wildman–Crippen LogP) is 3.87. The van der Waals surface area contributed by atoms with E-state index in [1.54, 1.807) is 17.8 Å². The van der Waals surface area contributed by atoms with Gasteiger partial charge in [-0.3, -0.25) is 0 Å². The van der Waals surface area contributed by atoms with Gasteiger partial charge in [0.2, 0.25) is 0 Å². The van der Waals surface area contributed by atoms with Crippen molar-refractivity contribution in [3.63, 3.8) is 0 Å². The van der Waals surface area contributed by atoms with E-state index >= 15 is 0 Å². The molecule has 0 unspecified atom stereocenters. The zero-order chi connectivity index (χ0) is 12.7. The van der Waals surface area contributed by atoms with Crippen LogP contribution in [0.15, 0.2) is 35.2 Å². The maximum absolute atomic E-state index is 10.9. The van der Waals surface area contributed by atoms with Crippen molar-refractivity contribution in [2.45, 2.75) is 4.90 Å². The number of benzene rings is 1. The van der Waals surface area contributed by atoms with Crippen LogP contribution in [0.2, 0.25) is 0 Å². The summed E-state index contributed by atoms with van der Waals surface area (Å²) in [6, 6.07) is 9.76. The minimum Gasteiger partial charge on any atom is -0.477 e. The van der Waals surface area contributed by atoms with Crippen molar-refractivity contribution in [3.05, 3.63) is 35.2 Å². The summed E-state index contributed by atoms with van der Waals surface area (Å²) in [6.07, 6.45) is 2.02. The molecule has 0 bridgehead atoms. The smallest absolute Gasteiger partial charge is 0.345 e. The Kier molecular flexibility index (Phi) is 2.72. The number of carboxylic acid groups (broad SMARTS) is 1. The van der Waals surface area contributed by atoms with Gasteiger partial charge in [-0.2, -0.15) is 0 Å². The Morgan fingerprint density at radius 2 is 2.11 bits per heavy atom. The van der Waals surface area contributed by atoms with Crippen LogP contribution >= 0.6 is 23.1 Å². The third kappa shape index (κ3) is 1.85. The third-order valence-corrected chi connectivity index (χ3v) is 4.48. The van der Waals surface area contributed by atoms with Crippen molar-refractivity contribution >= 4 is 50.2 Å². The van der Waals surface area contributed by atoms with Gasteiger partial charge in [0.15, 0.2) is 0 Å². The fraction of sp³-hybridized carbons (Fsp3) is 0.0769. The number of hydrogen-bond donors (Lipinski definition) is 1. The summed E-state index contributed by atoms with van der Waals surface area (Å²) in [4.78, 5) is 17.7. The summed E-state index contributed by atoms with van der Waals surface area (Å²) in [5.74, 6) is -0.896. The van der Waals surface area contributed by atoms with Crippen molar-refractivity contribution in [3.8, 4) is 0 Å². The number of carbonyl (C=O) groups is 1. The van der Waals surface area contributed by atoms with Gasteiger partial charge in [-0.15, -0.1) is 23.1 Å². The molecule has 0 aliphatic rings. The largest absolute Gasteiger partial charge is 0.477 e. The summed E-state index contributed by atoms with van der Waals surface area (Å²) in [5, 5.41) is 10.9. The van der Waals surface area contributed by atoms with Gasteiger partial charge < -0.3 is 5.11 Å². The molecule has 0 radical (unpaired) electrons. The van der Waals surface area contributed by atoms with Crippen molar-refractivity contribution in [2.24, 2.45) is 0 Å². The Bertz CT molecular complexity index is 764. The lowest BCUT2D eigenvalue weighted by atomic mass is 10.2. The van der Waals surface area contributed by atoms with Crippen LogP contribution in [-0.4, -0.2) is 22.3 Å². The first-order valence-electron chi connectivity index (χ1n) is 5.29. The standard InChI is InChI=1S/C13H9NO2S2/c1-17-9-3-2-7-4-8-5-11(13(15)16)18-12(8)14-10(7)6-9/h2-6H,1H3,(H,15,16). The van der Waals surface area contributed by atoms with Crippen molar-refractivity contribution in [1.29, 1.82) is 0 Å². The van der Waals surface area contributed by atoms with Crippen LogP contribution in [0, 0.1) is 0 Å². The number of carboxylic acids is 1. The van der Waals surface area contributed by atoms with Crippen LogP contribution in [0.1, 0.15) is 9.67 Å². The van der Waals surface area contributed by atoms with E-state index in [2.05, 4.69) is 4.98 Å². The molecule has 2 heterocycles. The molecule has 3 rings (SSSR count). The second-order valence-corrected chi connectivity index (χ2v) is 5.77. The Balaban J connectivity index is 2.29. The number of aromatic nitrogens is 1. The first kappa shape index (κ1) is 11.5. The summed E-state index contributed by atoms with van der Waals surface area (Å²) in [7, 11) is 0. The fourth-order valence-corrected chi connectivity index (χ4v) is 3.13. The Morgan fingerprint density at radius 1 is 1.28 bits per heavy atom. The average Bonchev–Trinajstić information content (AvgIpc) is 2.78. The average molecular weight is 275 g/mol. The summed E-state index contributed by atoms with van der Waals surface area (Å²) in [6.45, 7) is 0. The van der Waals surface area contributed by atoms with Crippen molar-refractivity contribution < 1.29 is 9.90 Å². The number of pyridine rings is 1. The Hall–Kier alpha value is -1.59. The zero-order valence-electron chi connectivity index (χ0n) is 9.51. The van der Waals surface area contributed by atoms with E-state index in [0.717, 1.165) is 26.0 Å². The number of hydrogen-bond acceptors (Lipinski definition) is 4. The van der Waals surface area contributed by atoms with E-state index in [9.17, 15) is 4.79 Å². The highest BCUT2D eigenvalue weighted by molar-refractivity contribution is 7.98. The lowest BCUT2D eigenvalue weighted by molar-refractivity contribution is 0.0702. The Labute approximate surface area is 111 Å². The zero-order valence-corrected chi connectivity index (χ0v) is 11.1. The number of nitrogens with zero attached hydrogens (tertiary/aromatic N) is 1. The van der Waals surface area contributed by atoms with Crippen molar-refractivity contribution in [2.75, 3.05) is 6.26 Å². The molecule has 1 N–H and O–H groups in total. The first-order valence-corrected chi connectivity index (χ1v) is 7.33. The van der Waals surface area contributed by atoms with E-state index in [1.165, 1.54) is 11.3 Å². The Morgan fingerprint density at radius 3 is 2.83 bits per heavy atom. The fourth-order valence-electron chi connectivity index (χ4n) is 1.84. The van der Waals surface area contributed by atoms with Gasteiger partial charge in [0.05, 0.1) is 5.52 Å². The highest BCUT2D eigenvalue weighted by Crippen LogP contribution is 2.29. The van der Waals surface area contributed by atoms with E-state index in [-0.39, 0.29) is 0 Å². The first-order chi connectivity index (χ1) is 8.67. The molecule has 3 nitrogen and oxygen atoms in total. The predicted molar refractivity (Wildman–Crippen MR) is 75.9 cm³/mol. The molecule has 0 spiro atoms. The van der Waals surface area contributed by atoms with Gasteiger partial charge in [0.25, 0.3) is 0 Å². The molecule has 3 aromatic rings. The summed E-state index contributed by atoms with van der Waals surface area (Å²) >= 11 is 2.88. The lowest BCUT2D eigenvalue weighted by Crippen LogP contribution is -1.89. The monoisotopic (exact) mass is 275 g/mol. The number of aromatic carboxylic acids is 1. The van der Waals surface area contributed by atoms with Crippen LogP contribution in [0.3, 0.4) is 0 Å². The lowest BCUT2D eigenvalue weighted by Gasteiger charge is -2.00. The summed E-state index contributed by atoms with van der Waals surface area (Å²) < 4.78 is 0. The molecule has 0 atom stereocenters. The molecule has 0 amide bonds. The van der Waals surface area contributed by atoms with Crippen LogP contribution in [-0.2, 0) is 0 Å². The second kappa shape index (κ2) is 4.26. The minimum atomic E-state index is -0.896. The van der Waals surface area contributed by atoms with E-state index in [4.69, 9.17) is 5.11 Å². The second-order valence-electron chi connectivity index (χ2n) is 3.86. The van der Waals surface area contributed by atoms with E-state index in [1.807, 2.05) is 30.5 Å². The molecule has 1 aromatic carbocycles. The van der Waals surface area contributed by atoms with Crippen LogP contribution < -0.4 is 0 Å².